The van der Waals surface area contributed by atoms with Crippen LogP contribution in [0.1, 0.15) is 31.7 Å². The summed E-state index contributed by atoms with van der Waals surface area (Å²) >= 11 is 3.35. The lowest BCUT2D eigenvalue weighted by Crippen LogP contribution is -2.27. The van der Waals surface area contributed by atoms with E-state index in [0.717, 1.165) is 18.5 Å². The normalized spacial score (nSPS) is 25.0. The summed E-state index contributed by atoms with van der Waals surface area (Å²) in [6, 6.07) is 6.15. The van der Waals surface area contributed by atoms with Crippen LogP contribution in [-0.2, 0) is 16.6 Å². The van der Waals surface area contributed by atoms with Crippen molar-refractivity contribution in [2.24, 2.45) is 11.8 Å². The van der Waals surface area contributed by atoms with E-state index in [1.54, 1.807) is 6.07 Å². The topological polar surface area (TPSA) is 58.2 Å². The molecule has 6 heteroatoms. The average Bonchev–Trinajstić information content (AvgIpc) is 3.33. The smallest absolute Gasteiger partial charge is 0.241 e. The van der Waals surface area contributed by atoms with E-state index < -0.39 is 10.0 Å². The van der Waals surface area contributed by atoms with E-state index in [2.05, 4.69) is 32.9 Å². The molecule has 0 radical (unpaired) electrons. The molecule has 1 aromatic rings. The predicted molar refractivity (Wildman–Crippen MR) is 86.5 cm³/mol. The van der Waals surface area contributed by atoms with Crippen molar-refractivity contribution >= 4 is 26.0 Å². The van der Waals surface area contributed by atoms with E-state index in [-0.39, 0.29) is 0 Å². The van der Waals surface area contributed by atoms with Gasteiger partial charge in [-0.25, -0.2) is 13.1 Å². The van der Waals surface area contributed by atoms with Gasteiger partial charge in [-0.05, 0) is 64.7 Å². The number of sulfonamides is 1. The zero-order valence-electron chi connectivity index (χ0n) is 12.1. The van der Waals surface area contributed by atoms with Crippen LogP contribution >= 0.6 is 15.9 Å². The fourth-order valence-corrected chi connectivity index (χ4v) is 4.50. The summed E-state index contributed by atoms with van der Waals surface area (Å²) in [6.45, 7) is 3.42. The number of hydrogen-bond acceptors (Lipinski definition) is 3. The first kappa shape index (κ1) is 15.5. The number of hydrogen-bond donors (Lipinski definition) is 2. The summed E-state index contributed by atoms with van der Waals surface area (Å²) in [5.41, 5.74) is 1.00. The largest absolute Gasteiger partial charge is 0.310 e. The van der Waals surface area contributed by atoms with Crippen molar-refractivity contribution in [3.8, 4) is 0 Å². The molecule has 2 fully saturated rings. The van der Waals surface area contributed by atoms with Gasteiger partial charge >= 0.3 is 0 Å². The molecule has 2 unspecified atom stereocenters. The van der Waals surface area contributed by atoms with Crippen LogP contribution in [0.5, 0.6) is 0 Å². The van der Waals surface area contributed by atoms with Crippen molar-refractivity contribution in [3.63, 3.8) is 0 Å². The third kappa shape index (κ3) is 4.06. The van der Waals surface area contributed by atoms with Gasteiger partial charge in [0, 0.05) is 23.6 Å². The van der Waals surface area contributed by atoms with E-state index >= 15 is 0 Å². The maximum Gasteiger partial charge on any atom is 0.241 e. The van der Waals surface area contributed by atoms with Crippen molar-refractivity contribution < 1.29 is 8.42 Å². The van der Waals surface area contributed by atoms with Crippen molar-refractivity contribution in [2.45, 2.75) is 43.7 Å². The molecule has 116 valence electrons. The van der Waals surface area contributed by atoms with Crippen LogP contribution in [0, 0.1) is 11.8 Å². The maximum atomic E-state index is 12.4. The fraction of sp³-hybridized carbons (Fsp3) is 0.600. The maximum absolute atomic E-state index is 12.4. The molecule has 2 aliphatic rings. The van der Waals surface area contributed by atoms with Gasteiger partial charge in [-0.1, -0.05) is 13.0 Å². The predicted octanol–water partition coefficient (Wildman–Crippen LogP) is 2.64. The van der Waals surface area contributed by atoms with Gasteiger partial charge in [0.15, 0.2) is 0 Å². The highest BCUT2D eigenvalue weighted by molar-refractivity contribution is 9.10. The Morgan fingerprint density at radius 2 is 2.05 bits per heavy atom. The van der Waals surface area contributed by atoms with Crippen LogP contribution in [-0.4, -0.2) is 21.0 Å². The van der Waals surface area contributed by atoms with Gasteiger partial charge in [-0.3, -0.25) is 0 Å². The van der Waals surface area contributed by atoms with Gasteiger partial charge in [0.05, 0.1) is 4.90 Å². The second-order valence-electron chi connectivity index (χ2n) is 6.24. The number of halogens is 1. The summed E-state index contributed by atoms with van der Waals surface area (Å²) in [5, 5.41) is 3.41. The van der Waals surface area contributed by atoms with Crippen molar-refractivity contribution in [3.05, 3.63) is 28.2 Å². The van der Waals surface area contributed by atoms with Gasteiger partial charge < -0.3 is 5.32 Å². The Labute approximate surface area is 134 Å². The second-order valence-corrected chi connectivity index (χ2v) is 8.83. The number of nitrogens with one attached hydrogen (secondary N) is 2. The highest BCUT2D eigenvalue weighted by atomic mass is 79.9. The molecule has 2 atom stereocenters. The molecule has 21 heavy (non-hydrogen) atoms. The molecule has 3 rings (SSSR count). The van der Waals surface area contributed by atoms with Crippen molar-refractivity contribution in [2.75, 3.05) is 6.54 Å². The minimum Gasteiger partial charge on any atom is -0.310 e. The van der Waals surface area contributed by atoms with Gasteiger partial charge in [0.1, 0.15) is 0 Å². The Morgan fingerprint density at radius 1 is 1.33 bits per heavy atom. The monoisotopic (exact) mass is 372 g/mol. The zero-order valence-corrected chi connectivity index (χ0v) is 14.5. The van der Waals surface area contributed by atoms with Gasteiger partial charge in [0.25, 0.3) is 0 Å². The summed E-state index contributed by atoms with van der Waals surface area (Å²) in [4.78, 5) is 0.339. The minimum absolute atomic E-state index is 0.339. The quantitative estimate of drug-likeness (QED) is 0.773. The highest BCUT2D eigenvalue weighted by Crippen LogP contribution is 2.37. The summed E-state index contributed by atoms with van der Waals surface area (Å²) in [7, 11) is -3.44. The van der Waals surface area contributed by atoms with Crippen molar-refractivity contribution in [1.82, 2.24) is 10.0 Å². The van der Waals surface area contributed by atoms with E-state index in [9.17, 15) is 8.42 Å². The summed E-state index contributed by atoms with van der Waals surface area (Å²) in [5.74, 6) is 1.14. The van der Waals surface area contributed by atoms with Crippen LogP contribution in [0.3, 0.4) is 0 Å². The van der Waals surface area contributed by atoms with Crippen molar-refractivity contribution in [1.29, 1.82) is 0 Å². The second kappa shape index (κ2) is 5.99. The molecular weight excluding hydrogens is 352 g/mol. The fourth-order valence-electron chi connectivity index (χ4n) is 2.39. The molecular formula is C15H21BrN2O2S. The lowest BCUT2D eigenvalue weighted by Gasteiger charge is -2.11. The molecule has 0 aliphatic heterocycles. The van der Waals surface area contributed by atoms with Gasteiger partial charge in [0.2, 0.25) is 10.0 Å². The number of rotatable bonds is 7. The molecule has 0 bridgehead atoms. The molecule has 0 amide bonds. The van der Waals surface area contributed by atoms with Crippen LogP contribution in [0.25, 0.3) is 0 Å². The summed E-state index contributed by atoms with van der Waals surface area (Å²) < 4.78 is 28.2. The van der Waals surface area contributed by atoms with Crippen LogP contribution in [0.15, 0.2) is 27.6 Å². The average molecular weight is 373 g/mol. The van der Waals surface area contributed by atoms with E-state index in [1.807, 2.05) is 12.1 Å². The Morgan fingerprint density at radius 3 is 2.67 bits per heavy atom. The van der Waals surface area contributed by atoms with Crippen LogP contribution in [0.2, 0.25) is 0 Å². The zero-order chi connectivity index (χ0) is 15.0. The molecule has 0 heterocycles. The number of benzene rings is 1. The Balaban J connectivity index is 1.70. The summed E-state index contributed by atoms with van der Waals surface area (Å²) in [6.07, 6.45) is 3.57. The third-order valence-electron chi connectivity index (χ3n) is 4.27. The molecule has 2 saturated carbocycles. The molecule has 1 aromatic carbocycles. The van der Waals surface area contributed by atoms with Gasteiger partial charge in [-0.2, -0.15) is 0 Å². The van der Waals surface area contributed by atoms with Crippen LogP contribution in [0.4, 0.5) is 0 Å². The highest BCUT2D eigenvalue weighted by Gasteiger charge is 2.33. The minimum atomic E-state index is -3.44. The molecule has 2 aliphatic carbocycles. The third-order valence-corrected chi connectivity index (χ3v) is 6.69. The molecule has 4 nitrogen and oxygen atoms in total. The first-order chi connectivity index (χ1) is 9.95. The van der Waals surface area contributed by atoms with E-state index in [0.29, 0.717) is 33.8 Å². The van der Waals surface area contributed by atoms with E-state index in [4.69, 9.17) is 0 Å². The van der Waals surface area contributed by atoms with Crippen LogP contribution < -0.4 is 10.0 Å². The first-order valence-electron chi connectivity index (χ1n) is 7.47. The lowest BCUT2D eigenvalue weighted by atomic mass is 10.2. The Hall–Kier alpha value is -0.430. The molecule has 0 saturated heterocycles. The lowest BCUT2D eigenvalue weighted by molar-refractivity contribution is 0.573. The van der Waals surface area contributed by atoms with Gasteiger partial charge in [-0.15, -0.1) is 0 Å². The Bertz CT molecular complexity index is 629. The standard InChI is InChI=1S/C15H21BrN2O2S/c1-10-6-12(10)9-18-21(19,20)15-7-11(2-5-14(15)16)8-17-13-3-4-13/h2,5,7,10,12-13,17-18H,3-4,6,8-9H2,1H3. The Kier molecular flexibility index (Phi) is 4.41. The SMILES string of the molecule is CC1CC1CNS(=O)(=O)c1cc(CNC2CC2)ccc1Br. The molecule has 0 aromatic heterocycles. The molecule has 2 N–H and O–H groups in total. The first-order valence-corrected chi connectivity index (χ1v) is 9.75. The molecule has 0 spiro atoms. The van der Waals surface area contributed by atoms with E-state index in [1.165, 1.54) is 12.8 Å².